The average Bonchev–Trinajstić information content (AvgIpc) is 3.21. The third-order valence-electron chi connectivity index (χ3n) is 6.09. The third-order valence-corrected chi connectivity index (χ3v) is 6.09. The number of esters is 1. The van der Waals surface area contributed by atoms with Crippen LogP contribution in [-0.2, 0) is 14.3 Å². The maximum Gasteiger partial charge on any atom is 0.338 e. The summed E-state index contributed by atoms with van der Waals surface area (Å²) in [6, 6.07) is 19.0. The highest BCUT2D eigenvalue weighted by Crippen LogP contribution is 2.43. The standard InChI is InChI=1S/C30H29NO7/c1-4-16-38-24-11-7-9-21(18-24)27(32)25-26(20-8-6-10-23(17-20)36-3)31(29(34)28(25)33)22-14-12-19(13-15-22)30(35)37-5-2/h6-15,17-18,26,32H,4-5,16H2,1-3H3/b27-25+. The molecular weight excluding hydrogens is 486 g/mol. The normalized spacial score (nSPS) is 16.4. The Bertz CT molecular complexity index is 1380. The van der Waals surface area contributed by atoms with Crippen molar-refractivity contribution in [3.8, 4) is 11.5 Å². The lowest BCUT2D eigenvalue weighted by molar-refractivity contribution is -0.132. The number of carbonyl (C=O) groups excluding carboxylic acids is 3. The Balaban J connectivity index is 1.85. The van der Waals surface area contributed by atoms with Gasteiger partial charge in [0.15, 0.2) is 0 Å². The fraction of sp³-hybridized carbons (Fsp3) is 0.233. The zero-order chi connectivity index (χ0) is 27.2. The number of aliphatic hydroxyl groups is 1. The SMILES string of the molecule is CCCOc1cccc(/C(O)=C2\C(=O)C(=O)N(c3ccc(C(=O)OCC)cc3)C2c2cccc(OC)c2)c1. The highest BCUT2D eigenvalue weighted by Gasteiger charge is 2.47. The number of rotatable bonds is 9. The largest absolute Gasteiger partial charge is 0.507 e. The molecular formula is C30H29NO7. The summed E-state index contributed by atoms with van der Waals surface area (Å²) < 4.78 is 16.1. The molecule has 3 aromatic carbocycles. The number of aliphatic hydroxyl groups excluding tert-OH is 1. The highest BCUT2D eigenvalue weighted by molar-refractivity contribution is 6.51. The van der Waals surface area contributed by atoms with E-state index in [1.165, 1.54) is 24.1 Å². The smallest absolute Gasteiger partial charge is 0.338 e. The summed E-state index contributed by atoms with van der Waals surface area (Å²) in [5.41, 5.74) is 1.55. The topological polar surface area (TPSA) is 102 Å². The van der Waals surface area contributed by atoms with Crippen LogP contribution in [0.1, 0.15) is 47.8 Å². The van der Waals surface area contributed by atoms with Gasteiger partial charge < -0.3 is 19.3 Å². The van der Waals surface area contributed by atoms with Crippen molar-refractivity contribution in [3.05, 3.63) is 95.1 Å². The summed E-state index contributed by atoms with van der Waals surface area (Å²) in [4.78, 5) is 40.3. The van der Waals surface area contributed by atoms with Gasteiger partial charge in [0.2, 0.25) is 0 Å². The predicted molar refractivity (Wildman–Crippen MR) is 142 cm³/mol. The van der Waals surface area contributed by atoms with E-state index in [4.69, 9.17) is 14.2 Å². The maximum atomic E-state index is 13.4. The van der Waals surface area contributed by atoms with Gasteiger partial charge in [-0.15, -0.1) is 0 Å². The molecule has 1 unspecified atom stereocenters. The van der Waals surface area contributed by atoms with Crippen LogP contribution >= 0.6 is 0 Å². The Hall–Kier alpha value is -4.59. The van der Waals surface area contributed by atoms with E-state index < -0.39 is 23.7 Å². The number of ether oxygens (including phenoxy) is 3. The van der Waals surface area contributed by atoms with E-state index in [9.17, 15) is 19.5 Å². The molecule has 8 nitrogen and oxygen atoms in total. The Kier molecular flexibility index (Phi) is 8.11. The molecule has 1 atom stereocenters. The molecule has 0 spiro atoms. The first-order chi connectivity index (χ1) is 18.4. The summed E-state index contributed by atoms with van der Waals surface area (Å²) in [7, 11) is 1.52. The van der Waals surface area contributed by atoms with Crippen LogP contribution in [-0.4, -0.2) is 43.1 Å². The number of Topliss-reactive ketones (excluding diaryl/α,β-unsaturated/α-hetero) is 1. The quantitative estimate of drug-likeness (QED) is 0.179. The zero-order valence-electron chi connectivity index (χ0n) is 21.5. The van der Waals surface area contributed by atoms with Gasteiger partial charge in [0.25, 0.3) is 11.7 Å². The summed E-state index contributed by atoms with van der Waals surface area (Å²) in [6.07, 6.45) is 0.812. The molecule has 0 saturated carbocycles. The minimum atomic E-state index is -0.946. The molecule has 1 saturated heterocycles. The van der Waals surface area contributed by atoms with Crippen LogP contribution in [0.25, 0.3) is 5.76 Å². The van der Waals surface area contributed by atoms with Crippen LogP contribution in [0.2, 0.25) is 0 Å². The van der Waals surface area contributed by atoms with Crippen LogP contribution in [0.15, 0.2) is 78.4 Å². The molecule has 8 heteroatoms. The van der Waals surface area contributed by atoms with Gasteiger partial charge in [-0.3, -0.25) is 14.5 Å². The van der Waals surface area contributed by atoms with Crippen LogP contribution in [0.4, 0.5) is 5.69 Å². The van der Waals surface area contributed by atoms with Gasteiger partial charge in [0.05, 0.1) is 37.5 Å². The van der Waals surface area contributed by atoms with Crippen molar-refractivity contribution >= 4 is 29.1 Å². The zero-order valence-corrected chi connectivity index (χ0v) is 21.5. The molecule has 4 rings (SSSR count). The fourth-order valence-electron chi connectivity index (χ4n) is 4.31. The number of ketones is 1. The minimum Gasteiger partial charge on any atom is -0.507 e. The van der Waals surface area contributed by atoms with Crippen molar-refractivity contribution in [3.63, 3.8) is 0 Å². The van der Waals surface area contributed by atoms with Crippen LogP contribution in [0.5, 0.6) is 11.5 Å². The Morgan fingerprint density at radius 3 is 2.32 bits per heavy atom. The second-order valence-corrected chi connectivity index (χ2v) is 8.59. The number of hydrogen-bond donors (Lipinski definition) is 1. The van der Waals surface area contributed by atoms with Gasteiger partial charge in [-0.25, -0.2) is 4.79 Å². The molecule has 1 amide bonds. The van der Waals surface area contributed by atoms with Gasteiger partial charge >= 0.3 is 5.97 Å². The van der Waals surface area contributed by atoms with Gasteiger partial charge in [-0.05, 0) is 67.4 Å². The molecule has 0 bridgehead atoms. The fourth-order valence-corrected chi connectivity index (χ4v) is 4.31. The lowest BCUT2D eigenvalue weighted by atomic mass is 9.95. The first-order valence-corrected chi connectivity index (χ1v) is 12.3. The van der Waals surface area contributed by atoms with Crippen molar-refractivity contribution in [2.45, 2.75) is 26.3 Å². The summed E-state index contributed by atoms with van der Waals surface area (Å²) in [5, 5.41) is 11.4. The minimum absolute atomic E-state index is 0.0645. The number of hydrogen-bond acceptors (Lipinski definition) is 7. The van der Waals surface area contributed by atoms with E-state index in [1.54, 1.807) is 67.6 Å². The van der Waals surface area contributed by atoms with Gasteiger partial charge in [0, 0.05) is 11.3 Å². The monoisotopic (exact) mass is 515 g/mol. The Morgan fingerprint density at radius 1 is 0.921 bits per heavy atom. The second kappa shape index (κ2) is 11.6. The summed E-state index contributed by atoms with van der Waals surface area (Å²) >= 11 is 0. The molecule has 0 aromatic heterocycles. The molecule has 0 radical (unpaired) electrons. The van der Waals surface area contributed by atoms with Crippen molar-refractivity contribution in [1.29, 1.82) is 0 Å². The van der Waals surface area contributed by atoms with Gasteiger partial charge in [-0.1, -0.05) is 31.2 Å². The van der Waals surface area contributed by atoms with Crippen LogP contribution < -0.4 is 14.4 Å². The first kappa shape index (κ1) is 26.5. The summed E-state index contributed by atoms with van der Waals surface area (Å²) in [5.74, 6) is -1.37. The van der Waals surface area contributed by atoms with Crippen LogP contribution in [0, 0.1) is 0 Å². The molecule has 38 heavy (non-hydrogen) atoms. The predicted octanol–water partition coefficient (Wildman–Crippen LogP) is 5.29. The Labute approximate surface area is 221 Å². The van der Waals surface area contributed by atoms with E-state index >= 15 is 0 Å². The number of nitrogens with zero attached hydrogens (tertiary/aromatic N) is 1. The summed E-state index contributed by atoms with van der Waals surface area (Å²) in [6.45, 7) is 4.43. The van der Waals surface area contributed by atoms with E-state index in [0.717, 1.165) is 6.42 Å². The molecule has 196 valence electrons. The number of anilines is 1. The lowest BCUT2D eigenvalue weighted by Crippen LogP contribution is -2.29. The molecule has 1 fully saturated rings. The number of amides is 1. The average molecular weight is 516 g/mol. The molecule has 0 aliphatic carbocycles. The van der Waals surface area contributed by atoms with Crippen LogP contribution in [0.3, 0.4) is 0 Å². The second-order valence-electron chi connectivity index (χ2n) is 8.59. The van der Waals surface area contributed by atoms with E-state index in [1.807, 2.05) is 6.92 Å². The number of carbonyl (C=O) groups is 3. The third kappa shape index (κ3) is 5.25. The van der Waals surface area contributed by atoms with Crippen molar-refractivity contribution in [2.24, 2.45) is 0 Å². The van der Waals surface area contributed by atoms with Crippen molar-refractivity contribution < 1.29 is 33.7 Å². The molecule has 1 N–H and O–H groups in total. The Morgan fingerprint density at radius 2 is 1.63 bits per heavy atom. The van der Waals surface area contributed by atoms with E-state index in [-0.39, 0.29) is 17.9 Å². The molecule has 1 aliphatic rings. The number of benzene rings is 3. The van der Waals surface area contributed by atoms with E-state index in [2.05, 4.69) is 0 Å². The van der Waals surface area contributed by atoms with Gasteiger partial charge in [0.1, 0.15) is 17.3 Å². The molecule has 1 aliphatic heterocycles. The number of methoxy groups -OCH3 is 1. The van der Waals surface area contributed by atoms with E-state index in [0.29, 0.717) is 40.5 Å². The maximum absolute atomic E-state index is 13.4. The van der Waals surface area contributed by atoms with Crippen molar-refractivity contribution in [1.82, 2.24) is 0 Å². The molecule has 3 aromatic rings. The molecule has 1 heterocycles. The van der Waals surface area contributed by atoms with Crippen molar-refractivity contribution in [2.75, 3.05) is 25.2 Å². The highest BCUT2D eigenvalue weighted by atomic mass is 16.5. The lowest BCUT2D eigenvalue weighted by Gasteiger charge is -2.26. The van der Waals surface area contributed by atoms with Gasteiger partial charge in [-0.2, -0.15) is 0 Å². The first-order valence-electron chi connectivity index (χ1n) is 12.3.